The van der Waals surface area contributed by atoms with Crippen LogP contribution in [-0.2, 0) is 4.74 Å². The van der Waals surface area contributed by atoms with Crippen LogP contribution in [0.25, 0.3) is 0 Å². The summed E-state index contributed by atoms with van der Waals surface area (Å²) in [5.41, 5.74) is 0.640. The van der Waals surface area contributed by atoms with E-state index in [9.17, 15) is 14.3 Å². The number of amides is 2. The van der Waals surface area contributed by atoms with Crippen LogP contribution in [0.3, 0.4) is 0 Å². The summed E-state index contributed by atoms with van der Waals surface area (Å²) >= 11 is 5.69. The molecule has 1 saturated heterocycles. The van der Waals surface area contributed by atoms with Crippen LogP contribution in [0.4, 0.5) is 9.18 Å². The standard InChI is InChI=1S/C16H22ClFN2O3/c1-2-3-11(21)9-19-16(22)20-14-6-7-23-15(14)10-4-5-12(17)13(18)8-10/h4-5,8,11,14-15,21H,2-3,6-7,9H2,1H3,(H2,19,20,22). The second kappa shape index (κ2) is 8.47. The van der Waals surface area contributed by atoms with E-state index in [4.69, 9.17) is 16.3 Å². The van der Waals surface area contributed by atoms with Crippen LogP contribution in [0.5, 0.6) is 0 Å². The molecule has 0 spiro atoms. The lowest BCUT2D eigenvalue weighted by Gasteiger charge is -2.21. The molecule has 0 bridgehead atoms. The number of halogens is 2. The molecule has 1 fully saturated rings. The fraction of sp³-hybridized carbons (Fsp3) is 0.562. The van der Waals surface area contributed by atoms with Gasteiger partial charge in [0.05, 0.1) is 17.2 Å². The van der Waals surface area contributed by atoms with Gasteiger partial charge in [0.25, 0.3) is 0 Å². The molecule has 3 atom stereocenters. The number of rotatable bonds is 6. The van der Waals surface area contributed by atoms with Crippen LogP contribution in [0.2, 0.25) is 5.02 Å². The Balaban J connectivity index is 1.91. The molecule has 0 radical (unpaired) electrons. The predicted octanol–water partition coefficient (Wildman–Crippen LogP) is 2.77. The average Bonchev–Trinajstić information content (AvgIpc) is 2.96. The first-order chi connectivity index (χ1) is 11.0. The van der Waals surface area contributed by atoms with Crippen molar-refractivity contribution < 1.29 is 19.0 Å². The molecule has 0 saturated carbocycles. The van der Waals surface area contributed by atoms with Crippen LogP contribution in [0, 0.1) is 5.82 Å². The molecule has 0 aliphatic carbocycles. The van der Waals surface area contributed by atoms with Crippen molar-refractivity contribution in [2.45, 2.75) is 44.4 Å². The maximum absolute atomic E-state index is 13.6. The van der Waals surface area contributed by atoms with Crippen molar-refractivity contribution in [3.05, 3.63) is 34.6 Å². The smallest absolute Gasteiger partial charge is 0.315 e. The summed E-state index contributed by atoms with van der Waals surface area (Å²) in [7, 11) is 0. The van der Waals surface area contributed by atoms with E-state index in [0.29, 0.717) is 25.0 Å². The maximum Gasteiger partial charge on any atom is 0.315 e. The number of aliphatic hydroxyl groups excluding tert-OH is 1. The Labute approximate surface area is 140 Å². The SMILES string of the molecule is CCCC(O)CNC(=O)NC1CCOC1c1ccc(Cl)c(F)c1. The van der Waals surface area contributed by atoms with E-state index >= 15 is 0 Å². The molecule has 1 aliphatic heterocycles. The fourth-order valence-electron chi connectivity index (χ4n) is 2.62. The Hall–Kier alpha value is -1.37. The first kappa shape index (κ1) is 18.0. The summed E-state index contributed by atoms with van der Waals surface area (Å²) in [5, 5.41) is 15.1. The Morgan fingerprint density at radius 3 is 3.04 bits per heavy atom. The monoisotopic (exact) mass is 344 g/mol. The van der Waals surface area contributed by atoms with Crippen LogP contribution in [0.15, 0.2) is 18.2 Å². The normalized spacial score (nSPS) is 21.9. The quantitative estimate of drug-likeness (QED) is 0.743. The highest BCUT2D eigenvalue weighted by Gasteiger charge is 2.31. The van der Waals surface area contributed by atoms with Crippen molar-refractivity contribution in [2.75, 3.05) is 13.2 Å². The molecule has 5 nitrogen and oxygen atoms in total. The summed E-state index contributed by atoms with van der Waals surface area (Å²) in [4.78, 5) is 11.9. The number of urea groups is 1. The third-order valence-electron chi connectivity index (χ3n) is 3.80. The van der Waals surface area contributed by atoms with Gasteiger partial charge >= 0.3 is 6.03 Å². The highest BCUT2D eigenvalue weighted by atomic mass is 35.5. The molecule has 3 N–H and O–H groups in total. The Bertz CT molecular complexity index is 544. The number of hydrogen-bond donors (Lipinski definition) is 3. The van der Waals surface area contributed by atoms with E-state index in [1.807, 2.05) is 6.92 Å². The number of nitrogens with one attached hydrogen (secondary N) is 2. The minimum Gasteiger partial charge on any atom is -0.391 e. The van der Waals surface area contributed by atoms with Gasteiger partial charge in [0, 0.05) is 13.2 Å². The van der Waals surface area contributed by atoms with Gasteiger partial charge in [0.15, 0.2) is 0 Å². The number of carbonyl (C=O) groups is 1. The molecule has 1 aliphatic rings. The Kier molecular flexibility index (Phi) is 6.62. The highest BCUT2D eigenvalue weighted by Crippen LogP contribution is 2.30. The average molecular weight is 345 g/mol. The number of aliphatic hydroxyl groups is 1. The molecule has 2 amide bonds. The first-order valence-corrected chi connectivity index (χ1v) is 8.18. The van der Waals surface area contributed by atoms with Gasteiger partial charge in [-0.2, -0.15) is 0 Å². The van der Waals surface area contributed by atoms with Gasteiger partial charge < -0.3 is 20.5 Å². The minimum atomic E-state index is -0.549. The highest BCUT2D eigenvalue weighted by molar-refractivity contribution is 6.30. The number of carbonyl (C=O) groups excluding carboxylic acids is 1. The number of ether oxygens (including phenoxy) is 1. The number of benzene rings is 1. The fourth-order valence-corrected chi connectivity index (χ4v) is 2.74. The molecule has 3 unspecified atom stereocenters. The van der Waals surface area contributed by atoms with Gasteiger partial charge in [-0.3, -0.25) is 0 Å². The zero-order chi connectivity index (χ0) is 16.8. The maximum atomic E-state index is 13.6. The zero-order valence-corrected chi connectivity index (χ0v) is 13.8. The molecule has 1 heterocycles. The second-order valence-corrected chi connectivity index (χ2v) is 6.06. The zero-order valence-electron chi connectivity index (χ0n) is 13.0. The van der Waals surface area contributed by atoms with E-state index in [-0.39, 0.29) is 23.6 Å². The minimum absolute atomic E-state index is 0.0545. The van der Waals surface area contributed by atoms with E-state index < -0.39 is 18.0 Å². The number of hydrogen-bond acceptors (Lipinski definition) is 3. The predicted molar refractivity (Wildman–Crippen MR) is 86.0 cm³/mol. The van der Waals surface area contributed by atoms with E-state index in [2.05, 4.69) is 10.6 Å². The molecule has 2 rings (SSSR count). The third kappa shape index (κ3) is 5.06. The molecule has 7 heteroatoms. The molecular formula is C16H22ClFN2O3. The van der Waals surface area contributed by atoms with Gasteiger partial charge in [-0.15, -0.1) is 0 Å². The first-order valence-electron chi connectivity index (χ1n) is 7.80. The lowest BCUT2D eigenvalue weighted by molar-refractivity contribution is 0.0993. The van der Waals surface area contributed by atoms with Gasteiger partial charge in [0.2, 0.25) is 0 Å². The molecule has 128 valence electrons. The van der Waals surface area contributed by atoms with Crippen molar-refractivity contribution in [3.63, 3.8) is 0 Å². The van der Waals surface area contributed by atoms with Crippen molar-refractivity contribution in [3.8, 4) is 0 Å². The van der Waals surface area contributed by atoms with Crippen LogP contribution < -0.4 is 10.6 Å². The van der Waals surface area contributed by atoms with Gasteiger partial charge in [-0.25, -0.2) is 9.18 Å². The van der Waals surface area contributed by atoms with Crippen LogP contribution in [-0.4, -0.2) is 36.4 Å². The van der Waals surface area contributed by atoms with Crippen molar-refractivity contribution >= 4 is 17.6 Å². The Morgan fingerprint density at radius 1 is 1.57 bits per heavy atom. The van der Waals surface area contributed by atoms with E-state index in [0.717, 1.165) is 6.42 Å². The molecule has 1 aromatic rings. The van der Waals surface area contributed by atoms with Crippen LogP contribution in [0.1, 0.15) is 37.9 Å². The van der Waals surface area contributed by atoms with Crippen molar-refractivity contribution in [1.29, 1.82) is 0 Å². The molecular weight excluding hydrogens is 323 g/mol. The van der Waals surface area contributed by atoms with Gasteiger partial charge in [-0.05, 0) is 30.5 Å². The van der Waals surface area contributed by atoms with Gasteiger partial charge in [0.1, 0.15) is 11.9 Å². The Morgan fingerprint density at radius 2 is 2.35 bits per heavy atom. The third-order valence-corrected chi connectivity index (χ3v) is 4.11. The second-order valence-electron chi connectivity index (χ2n) is 5.66. The molecule has 0 aromatic heterocycles. The molecule has 23 heavy (non-hydrogen) atoms. The van der Waals surface area contributed by atoms with Crippen molar-refractivity contribution in [1.82, 2.24) is 10.6 Å². The van der Waals surface area contributed by atoms with E-state index in [1.165, 1.54) is 12.1 Å². The molecule has 1 aromatic carbocycles. The van der Waals surface area contributed by atoms with Gasteiger partial charge in [-0.1, -0.05) is 31.0 Å². The summed E-state index contributed by atoms with van der Waals surface area (Å²) in [6, 6.07) is 3.88. The lowest BCUT2D eigenvalue weighted by atomic mass is 10.0. The summed E-state index contributed by atoms with van der Waals surface area (Å²) < 4.78 is 19.2. The van der Waals surface area contributed by atoms with E-state index in [1.54, 1.807) is 6.07 Å². The van der Waals surface area contributed by atoms with Crippen molar-refractivity contribution in [2.24, 2.45) is 0 Å². The lowest BCUT2D eigenvalue weighted by Crippen LogP contribution is -2.45. The summed E-state index contributed by atoms with van der Waals surface area (Å²) in [6.07, 6.45) is 1.17. The van der Waals surface area contributed by atoms with Crippen LogP contribution >= 0.6 is 11.6 Å². The topological polar surface area (TPSA) is 70.6 Å². The largest absolute Gasteiger partial charge is 0.391 e. The summed E-state index contributed by atoms with van der Waals surface area (Å²) in [5.74, 6) is -0.509. The summed E-state index contributed by atoms with van der Waals surface area (Å²) in [6.45, 7) is 2.65.